The number of H-pyrrole nitrogens is 1. The van der Waals surface area contributed by atoms with Gasteiger partial charge in [-0.05, 0) is 36.2 Å². The number of anilines is 1. The first kappa shape index (κ1) is 16.7. The molecule has 6 nitrogen and oxygen atoms in total. The van der Waals surface area contributed by atoms with Crippen molar-refractivity contribution < 1.29 is 9.53 Å². The van der Waals surface area contributed by atoms with Crippen LogP contribution >= 0.6 is 0 Å². The molecule has 0 saturated carbocycles. The fraction of sp³-hybridized carbons (Fsp3) is 0.211. The number of aromatic nitrogens is 2. The standard InChI is InChI=1S/C19H19N3O3/c1-2-4-13-9-18(23)22-17-10-14(6-7-16(13)17)21-19(24)12-25-15-5-3-8-20-11-15/h3,5-11H,2,4,12H2,1H3,(H,21,24)(H,22,23). The van der Waals surface area contributed by atoms with Crippen LogP contribution in [0.3, 0.4) is 0 Å². The molecule has 2 aromatic heterocycles. The number of hydrogen-bond acceptors (Lipinski definition) is 4. The number of aromatic amines is 1. The van der Waals surface area contributed by atoms with Crippen LogP contribution in [0.1, 0.15) is 18.9 Å². The lowest BCUT2D eigenvalue weighted by molar-refractivity contribution is -0.118. The Morgan fingerprint density at radius 1 is 1.28 bits per heavy atom. The van der Waals surface area contributed by atoms with Gasteiger partial charge in [0.25, 0.3) is 5.91 Å². The molecular formula is C19H19N3O3. The van der Waals surface area contributed by atoms with E-state index in [2.05, 4.69) is 22.2 Å². The van der Waals surface area contributed by atoms with Gasteiger partial charge in [0.2, 0.25) is 5.56 Å². The second-order valence-electron chi connectivity index (χ2n) is 5.69. The van der Waals surface area contributed by atoms with Gasteiger partial charge in [-0.1, -0.05) is 19.4 Å². The first-order valence-corrected chi connectivity index (χ1v) is 8.14. The number of fused-ring (bicyclic) bond motifs is 1. The number of rotatable bonds is 6. The van der Waals surface area contributed by atoms with Crippen molar-refractivity contribution in [1.82, 2.24) is 9.97 Å². The van der Waals surface area contributed by atoms with Crippen molar-refractivity contribution in [3.8, 4) is 5.75 Å². The van der Waals surface area contributed by atoms with Crippen LogP contribution in [0.5, 0.6) is 5.75 Å². The lowest BCUT2D eigenvalue weighted by Crippen LogP contribution is -2.20. The van der Waals surface area contributed by atoms with Crippen molar-refractivity contribution >= 4 is 22.5 Å². The molecule has 0 saturated heterocycles. The van der Waals surface area contributed by atoms with Gasteiger partial charge in [-0.3, -0.25) is 14.6 Å². The molecule has 2 heterocycles. The molecule has 0 spiro atoms. The number of nitrogens with one attached hydrogen (secondary N) is 2. The second kappa shape index (κ2) is 7.61. The van der Waals surface area contributed by atoms with Gasteiger partial charge in [0, 0.05) is 23.3 Å². The minimum atomic E-state index is -0.282. The SMILES string of the molecule is CCCc1cc(=O)[nH]c2cc(NC(=O)COc3cccnc3)ccc12. The smallest absolute Gasteiger partial charge is 0.262 e. The third kappa shape index (κ3) is 4.23. The van der Waals surface area contributed by atoms with Crippen molar-refractivity contribution in [1.29, 1.82) is 0 Å². The van der Waals surface area contributed by atoms with Crippen molar-refractivity contribution in [3.63, 3.8) is 0 Å². The highest BCUT2D eigenvalue weighted by Gasteiger charge is 2.07. The van der Waals surface area contributed by atoms with E-state index < -0.39 is 0 Å². The number of benzene rings is 1. The third-order valence-electron chi connectivity index (χ3n) is 3.74. The zero-order valence-corrected chi connectivity index (χ0v) is 13.9. The van der Waals surface area contributed by atoms with Crippen molar-refractivity contribution in [2.75, 3.05) is 11.9 Å². The summed E-state index contributed by atoms with van der Waals surface area (Å²) in [5.74, 6) is 0.250. The maximum absolute atomic E-state index is 12.0. The fourth-order valence-electron chi connectivity index (χ4n) is 2.66. The van der Waals surface area contributed by atoms with E-state index in [4.69, 9.17) is 4.74 Å². The molecule has 0 fully saturated rings. The number of carbonyl (C=O) groups is 1. The van der Waals surface area contributed by atoms with E-state index in [-0.39, 0.29) is 18.1 Å². The molecule has 6 heteroatoms. The van der Waals surface area contributed by atoms with E-state index >= 15 is 0 Å². The van der Waals surface area contributed by atoms with Crippen LogP contribution in [-0.4, -0.2) is 22.5 Å². The van der Waals surface area contributed by atoms with Gasteiger partial charge in [-0.15, -0.1) is 0 Å². The molecule has 0 aliphatic rings. The summed E-state index contributed by atoms with van der Waals surface area (Å²) in [6.07, 6.45) is 4.98. The lowest BCUT2D eigenvalue weighted by Gasteiger charge is -2.09. The maximum atomic E-state index is 12.0. The molecule has 0 unspecified atom stereocenters. The van der Waals surface area contributed by atoms with Gasteiger partial charge in [0.1, 0.15) is 5.75 Å². The minimum absolute atomic E-state index is 0.115. The molecule has 0 aliphatic heterocycles. The average Bonchev–Trinajstić information content (AvgIpc) is 2.61. The molecule has 3 aromatic rings. The summed E-state index contributed by atoms with van der Waals surface area (Å²) in [7, 11) is 0. The quantitative estimate of drug-likeness (QED) is 0.724. The van der Waals surface area contributed by atoms with E-state index in [0.717, 1.165) is 23.8 Å². The average molecular weight is 337 g/mol. The van der Waals surface area contributed by atoms with Gasteiger partial charge in [0.05, 0.1) is 11.7 Å². The Hall–Kier alpha value is -3.15. The Labute approximate surface area is 144 Å². The second-order valence-corrected chi connectivity index (χ2v) is 5.69. The molecule has 1 aromatic carbocycles. The Bertz CT molecular complexity index is 936. The summed E-state index contributed by atoms with van der Waals surface area (Å²) >= 11 is 0. The largest absolute Gasteiger partial charge is 0.482 e. The van der Waals surface area contributed by atoms with E-state index in [1.165, 1.54) is 0 Å². The third-order valence-corrected chi connectivity index (χ3v) is 3.74. The summed E-state index contributed by atoms with van der Waals surface area (Å²) in [5.41, 5.74) is 2.19. The van der Waals surface area contributed by atoms with E-state index in [1.807, 2.05) is 12.1 Å². The molecule has 0 bridgehead atoms. The lowest BCUT2D eigenvalue weighted by atomic mass is 10.0. The topological polar surface area (TPSA) is 84.1 Å². The summed E-state index contributed by atoms with van der Waals surface area (Å²) in [6.45, 7) is 1.96. The summed E-state index contributed by atoms with van der Waals surface area (Å²) in [6, 6.07) is 10.6. The van der Waals surface area contributed by atoms with Gasteiger partial charge >= 0.3 is 0 Å². The molecule has 0 aliphatic carbocycles. The summed E-state index contributed by atoms with van der Waals surface area (Å²) < 4.78 is 5.37. The molecular weight excluding hydrogens is 318 g/mol. The van der Waals surface area contributed by atoms with Crippen molar-refractivity contribution in [2.24, 2.45) is 0 Å². The van der Waals surface area contributed by atoms with Crippen LogP contribution in [0.25, 0.3) is 10.9 Å². The van der Waals surface area contributed by atoms with Crippen molar-refractivity contribution in [2.45, 2.75) is 19.8 Å². The van der Waals surface area contributed by atoms with Crippen LogP contribution in [-0.2, 0) is 11.2 Å². The molecule has 3 rings (SSSR count). The Morgan fingerprint density at radius 3 is 2.92 bits per heavy atom. The van der Waals surface area contributed by atoms with E-state index in [1.54, 1.807) is 36.7 Å². The van der Waals surface area contributed by atoms with Crippen LogP contribution in [0.2, 0.25) is 0 Å². The molecule has 2 N–H and O–H groups in total. The zero-order chi connectivity index (χ0) is 17.6. The maximum Gasteiger partial charge on any atom is 0.262 e. The number of aryl methyl sites for hydroxylation is 1. The van der Waals surface area contributed by atoms with E-state index in [9.17, 15) is 9.59 Å². The highest BCUT2D eigenvalue weighted by atomic mass is 16.5. The van der Waals surface area contributed by atoms with Crippen LogP contribution in [0.15, 0.2) is 53.6 Å². The number of carbonyl (C=O) groups excluding carboxylic acids is 1. The molecule has 128 valence electrons. The Morgan fingerprint density at radius 2 is 2.16 bits per heavy atom. The van der Waals surface area contributed by atoms with Gasteiger partial charge in [-0.2, -0.15) is 0 Å². The Kier molecular flexibility index (Phi) is 5.09. The monoisotopic (exact) mass is 337 g/mol. The number of pyridine rings is 2. The van der Waals surface area contributed by atoms with Crippen LogP contribution in [0.4, 0.5) is 5.69 Å². The van der Waals surface area contributed by atoms with Crippen LogP contribution < -0.4 is 15.6 Å². The highest BCUT2D eigenvalue weighted by Crippen LogP contribution is 2.20. The number of hydrogen-bond donors (Lipinski definition) is 2. The van der Waals surface area contributed by atoms with Gasteiger partial charge in [0.15, 0.2) is 6.61 Å². The number of ether oxygens (including phenoxy) is 1. The summed E-state index contributed by atoms with van der Waals surface area (Å²) in [5, 5.41) is 3.76. The highest BCUT2D eigenvalue weighted by molar-refractivity contribution is 5.94. The summed E-state index contributed by atoms with van der Waals surface area (Å²) in [4.78, 5) is 30.6. The van der Waals surface area contributed by atoms with Gasteiger partial charge in [-0.25, -0.2) is 0 Å². The number of amides is 1. The fourth-order valence-corrected chi connectivity index (χ4v) is 2.66. The molecule has 0 radical (unpaired) electrons. The normalized spacial score (nSPS) is 10.6. The van der Waals surface area contributed by atoms with Gasteiger partial charge < -0.3 is 15.0 Å². The zero-order valence-electron chi connectivity index (χ0n) is 13.9. The Balaban J connectivity index is 1.73. The number of nitrogens with zero attached hydrogens (tertiary/aromatic N) is 1. The van der Waals surface area contributed by atoms with E-state index in [0.29, 0.717) is 17.0 Å². The first-order valence-electron chi connectivity index (χ1n) is 8.14. The molecule has 25 heavy (non-hydrogen) atoms. The first-order chi connectivity index (χ1) is 12.2. The minimum Gasteiger partial charge on any atom is -0.482 e. The molecule has 1 amide bonds. The predicted octanol–water partition coefficient (Wildman–Crippen LogP) is 2.89. The van der Waals surface area contributed by atoms with Crippen LogP contribution in [0, 0.1) is 0 Å². The predicted molar refractivity (Wildman–Crippen MR) is 96.9 cm³/mol. The van der Waals surface area contributed by atoms with Crippen molar-refractivity contribution in [3.05, 3.63) is 64.7 Å². The molecule has 0 atom stereocenters.